The fourth-order valence-electron chi connectivity index (χ4n) is 3.29. The van der Waals surface area contributed by atoms with E-state index in [0.717, 1.165) is 23.4 Å². The van der Waals surface area contributed by atoms with Gasteiger partial charge in [0.2, 0.25) is 5.91 Å². The molecule has 3 rings (SSSR count). The normalized spacial score (nSPS) is 21.3. The van der Waals surface area contributed by atoms with Gasteiger partial charge in [0.1, 0.15) is 6.04 Å². The van der Waals surface area contributed by atoms with E-state index in [2.05, 4.69) is 6.08 Å². The Bertz CT molecular complexity index is 642. The van der Waals surface area contributed by atoms with Gasteiger partial charge in [-0.15, -0.1) is 0 Å². The second kappa shape index (κ2) is 6.62. The molecule has 1 aromatic rings. The van der Waals surface area contributed by atoms with E-state index in [-0.39, 0.29) is 5.91 Å². The standard InChI is InChI=1S/C17H20ClN3O2/c18-14-5-3-12(4-6-14)13-7-10-20(11-8-13)16(22)15-2-1-9-21(15)17(19)23/h3-7,15H,1-2,8-11H2,(H2,19,23)/t15-/m0/s1. The molecule has 5 nitrogen and oxygen atoms in total. The number of hydrogen-bond donors (Lipinski definition) is 1. The van der Waals surface area contributed by atoms with Gasteiger partial charge in [-0.2, -0.15) is 0 Å². The first-order valence-electron chi connectivity index (χ1n) is 7.86. The van der Waals surface area contributed by atoms with Crippen molar-refractivity contribution in [2.24, 2.45) is 5.73 Å². The van der Waals surface area contributed by atoms with Crippen LogP contribution < -0.4 is 5.73 Å². The van der Waals surface area contributed by atoms with Gasteiger partial charge in [0, 0.05) is 24.7 Å². The van der Waals surface area contributed by atoms with Crippen LogP contribution in [0.5, 0.6) is 0 Å². The lowest BCUT2D eigenvalue weighted by molar-refractivity contribution is -0.134. The first-order valence-corrected chi connectivity index (χ1v) is 8.24. The van der Waals surface area contributed by atoms with Gasteiger partial charge in [-0.05, 0) is 42.5 Å². The molecular formula is C17H20ClN3O2. The number of nitrogens with zero attached hydrogens (tertiary/aromatic N) is 2. The maximum atomic E-state index is 12.6. The van der Waals surface area contributed by atoms with Gasteiger partial charge < -0.3 is 15.5 Å². The van der Waals surface area contributed by atoms with E-state index in [1.165, 1.54) is 10.5 Å². The third-order valence-electron chi connectivity index (χ3n) is 4.56. The molecule has 6 heteroatoms. The molecule has 2 N–H and O–H groups in total. The Kier molecular flexibility index (Phi) is 4.57. The highest BCUT2D eigenvalue weighted by Gasteiger charge is 2.35. The zero-order chi connectivity index (χ0) is 16.4. The third kappa shape index (κ3) is 3.34. The van der Waals surface area contributed by atoms with E-state index in [9.17, 15) is 9.59 Å². The van der Waals surface area contributed by atoms with Gasteiger partial charge in [0.25, 0.3) is 0 Å². The average molecular weight is 334 g/mol. The zero-order valence-electron chi connectivity index (χ0n) is 12.9. The number of carbonyl (C=O) groups is 2. The molecule has 0 spiro atoms. The number of halogens is 1. The molecule has 0 aliphatic carbocycles. The Morgan fingerprint density at radius 1 is 1.17 bits per heavy atom. The fraction of sp³-hybridized carbons (Fsp3) is 0.412. The molecule has 0 aromatic heterocycles. The average Bonchev–Trinajstić information content (AvgIpc) is 3.05. The number of hydrogen-bond acceptors (Lipinski definition) is 2. The van der Waals surface area contributed by atoms with Crippen molar-refractivity contribution in [2.45, 2.75) is 25.3 Å². The van der Waals surface area contributed by atoms with Crippen LogP contribution in [0.4, 0.5) is 4.79 Å². The van der Waals surface area contributed by atoms with Crippen LogP contribution in [-0.4, -0.2) is 47.4 Å². The molecule has 2 aliphatic rings. The Morgan fingerprint density at radius 3 is 2.52 bits per heavy atom. The number of urea groups is 1. The molecule has 1 atom stereocenters. The minimum Gasteiger partial charge on any atom is -0.351 e. The fourth-order valence-corrected chi connectivity index (χ4v) is 3.42. The summed E-state index contributed by atoms with van der Waals surface area (Å²) >= 11 is 5.91. The van der Waals surface area contributed by atoms with Crippen molar-refractivity contribution in [3.05, 3.63) is 40.9 Å². The van der Waals surface area contributed by atoms with E-state index >= 15 is 0 Å². The maximum absolute atomic E-state index is 12.6. The monoisotopic (exact) mass is 333 g/mol. The molecule has 2 aliphatic heterocycles. The summed E-state index contributed by atoms with van der Waals surface area (Å²) in [4.78, 5) is 27.3. The number of amides is 3. The summed E-state index contributed by atoms with van der Waals surface area (Å²) in [6.45, 7) is 1.81. The van der Waals surface area contributed by atoms with Crippen LogP contribution in [0.1, 0.15) is 24.8 Å². The topological polar surface area (TPSA) is 66.6 Å². The summed E-state index contributed by atoms with van der Waals surface area (Å²) in [5, 5.41) is 0.717. The van der Waals surface area contributed by atoms with Crippen molar-refractivity contribution in [1.29, 1.82) is 0 Å². The number of carbonyl (C=O) groups excluding carboxylic acids is 2. The van der Waals surface area contributed by atoms with Crippen molar-refractivity contribution in [2.75, 3.05) is 19.6 Å². The minimum absolute atomic E-state index is 0.00714. The van der Waals surface area contributed by atoms with E-state index in [1.54, 1.807) is 0 Å². The molecule has 122 valence electrons. The maximum Gasteiger partial charge on any atom is 0.315 e. The predicted molar refractivity (Wildman–Crippen MR) is 89.9 cm³/mol. The lowest BCUT2D eigenvalue weighted by atomic mass is 9.99. The molecular weight excluding hydrogens is 314 g/mol. The summed E-state index contributed by atoms with van der Waals surface area (Å²) in [5.74, 6) is 0.00714. The van der Waals surface area contributed by atoms with Gasteiger partial charge in [-0.25, -0.2) is 4.79 Å². The number of primary amides is 1. The highest BCUT2D eigenvalue weighted by Crippen LogP contribution is 2.26. The second-order valence-corrected chi connectivity index (χ2v) is 6.40. The molecule has 1 aromatic carbocycles. The lowest BCUT2D eigenvalue weighted by Gasteiger charge is -2.31. The van der Waals surface area contributed by atoms with Crippen LogP contribution in [0, 0.1) is 0 Å². The van der Waals surface area contributed by atoms with Gasteiger partial charge in [-0.1, -0.05) is 29.8 Å². The lowest BCUT2D eigenvalue weighted by Crippen LogP contribution is -2.50. The van der Waals surface area contributed by atoms with Gasteiger partial charge >= 0.3 is 6.03 Å². The van der Waals surface area contributed by atoms with Crippen LogP contribution in [0.2, 0.25) is 5.02 Å². The van der Waals surface area contributed by atoms with Crippen molar-refractivity contribution in [3.8, 4) is 0 Å². The van der Waals surface area contributed by atoms with E-state index in [4.69, 9.17) is 17.3 Å². The number of benzene rings is 1. The van der Waals surface area contributed by atoms with Crippen LogP contribution in [0.3, 0.4) is 0 Å². The third-order valence-corrected chi connectivity index (χ3v) is 4.81. The molecule has 0 bridgehead atoms. The molecule has 0 radical (unpaired) electrons. The van der Waals surface area contributed by atoms with Crippen molar-refractivity contribution < 1.29 is 9.59 Å². The first kappa shape index (κ1) is 15.9. The van der Waals surface area contributed by atoms with E-state index in [0.29, 0.717) is 26.1 Å². The Balaban J connectivity index is 1.67. The molecule has 23 heavy (non-hydrogen) atoms. The van der Waals surface area contributed by atoms with E-state index < -0.39 is 12.1 Å². The Hall–Kier alpha value is -2.01. The van der Waals surface area contributed by atoms with E-state index in [1.807, 2.05) is 29.2 Å². The van der Waals surface area contributed by atoms with Gasteiger partial charge in [0.15, 0.2) is 0 Å². The molecule has 1 saturated heterocycles. The number of nitrogens with two attached hydrogens (primary N) is 1. The summed E-state index contributed by atoms with van der Waals surface area (Å²) in [6.07, 6.45) is 4.41. The molecule has 0 saturated carbocycles. The molecule has 3 amide bonds. The second-order valence-electron chi connectivity index (χ2n) is 5.96. The van der Waals surface area contributed by atoms with Crippen LogP contribution in [0.15, 0.2) is 30.3 Å². The number of rotatable bonds is 2. The summed E-state index contributed by atoms with van der Waals surface area (Å²) in [5.41, 5.74) is 7.73. The van der Waals surface area contributed by atoms with Gasteiger partial charge in [-0.3, -0.25) is 4.79 Å². The summed E-state index contributed by atoms with van der Waals surface area (Å²) < 4.78 is 0. The number of likely N-dealkylation sites (tertiary alicyclic amines) is 1. The zero-order valence-corrected chi connectivity index (χ0v) is 13.6. The predicted octanol–water partition coefficient (Wildman–Crippen LogP) is 2.50. The minimum atomic E-state index is -0.504. The SMILES string of the molecule is NC(=O)N1CCC[C@H]1C(=O)N1CC=C(c2ccc(Cl)cc2)CC1. The largest absolute Gasteiger partial charge is 0.351 e. The highest BCUT2D eigenvalue weighted by atomic mass is 35.5. The molecule has 0 unspecified atom stereocenters. The van der Waals surface area contributed by atoms with Crippen molar-refractivity contribution in [1.82, 2.24) is 9.80 Å². The van der Waals surface area contributed by atoms with Crippen molar-refractivity contribution >= 4 is 29.1 Å². The van der Waals surface area contributed by atoms with Crippen LogP contribution >= 0.6 is 11.6 Å². The summed E-state index contributed by atoms with van der Waals surface area (Å²) in [7, 11) is 0. The molecule has 1 fully saturated rings. The van der Waals surface area contributed by atoms with Crippen LogP contribution in [-0.2, 0) is 4.79 Å². The smallest absolute Gasteiger partial charge is 0.315 e. The van der Waals surface area contributed by atoms with Crippen molar-refractivity contribution in [3.63, 3.8) is 0 Å². The first-order chi connectivity index (χ1) is 11.1. The Labute approximate surface area is 140 Å². The van der Waals surface area contributed by atoms with Crippen LogP contribution in [0.25, 0.3) is 5.57 Å². The quantitative estimate of drug-likeness (QED) is 0.903. The highest BCUT2D eigenvalue weighted by molar-refractivity contribution is 6.30. The van der Waals surface area contributed by atoms with Gasteiger partial charge in [0.05, 0.1) is 0 Å². The summed E-state index contributed by atoms with van der Waals surface area (Å²) in [6, 6.07) is 6.85. The Morgan fingerprint density at radius 2 is 1.91 bits per heavy atom. The molecule has 2 heterocycles.